The summed E-state index contributed by atoms with van der Waals surface area (Å²) >= 11 is 0. The van der Waals surface area contributed by atoms with Crippen LogP contribution in [0.1, 0.15) is 46.6 Å². The number of aryl methyl sites for hydroxylation is 1. The fraction of sp³-hybridized carbons (Fsp3) is 0.632. The van der Waals surface area contributed by atoms with Crippen molar-refractivity contribution < 1.29 is 18.1 Å². The van der Waals surface area contributed by atoms with E-state index < -0.39 is 26.9 Å². The normalized spacial score (nSPS) is 13.1. The smallest absolute Gasteiger partial charge is 0.271 e. The second-order valence-corrected chi connectivity index (χ2v) is 9.59. The van der Waals surface area contributed by atoms with Crippen molar-refractivity contribution in [3.63, 3.8) is 0 Å². The van der Waals surface area contributed by atoms with E-state index in [0.29, 0.717) is 5.56 Å². The lowest BCUT2D eigenvalue weighted by Gasteiger charge is -2.34. The highest BCUT2D eigenvalue weighted by atomic mass is 32.2. The number of anilines is 1. The number of carbonyl (C=O) groups excluding carboxylic acids is 1. The summed E-state index contributed by atoms with van der Waals surface area (Å²) < 4.78 is 26.2. The summed E-state index contributed by atoms with van der Waals surface area (Å²) in [7, 11) is -3.87. The van der Waals surface area contributed by atoms with Crippen molar-refractivity contribution in [2.24, 2.45) is 11.8 Å². The van der Waals surface area contributed by atoms with Crippen LogP contribution in [-0.2, 0) is 14.8 Å². The molecule has 0 fully saturated rings. The van der Waals surface area contributed by atoms with Gasteiger partial charge in [0.2, 0.25) is 15.9 Å². The van der Waals surface area contributed by atoms with Crippen LogP contribution in [0.2, 0.25) is 0 Å². The topological polar surface area (TPSA) is 110 Å². The maximum Gasteiger partial charge on any atom is 0.271 e. The summed E-state index contributed by atoms with van der Waals surface area (Å²) in [6.45, 7) is 11.3. The minimum absolute atomic E-state index is 0.117. The first kappa shape index (κ1) is 23.9. The Labute approximate surface area is 167 Å². The summed E-state index contributed by atoms with van der Waals surface area (Å²) in [6.07, 6.45) is 1.23. The number of nitro groups is 1. The van der Waals surface area contributed by atoms with E-state index in [0.717, 1.165) is 10.6 Å². The van der Waals surface area contributed by atoms with E-state index in [1.165, 1.54) is 18.2 Å². The van der Waals surface area contributed by atoms with Crippen LogP contribution in [0, 0.1) is 28.9 Å². The lowest BCUT2D eigenvalue weighted by molar-refractivity contribution is -0.384. The molecule has 0 unspecified atom stereocenters. The molecule has 0 bridgehead atoms. The van der Waals surface area contributed by atoms with Gasteiger partial charge in [0.1, 0.15) is 6.04 Å². The molecule has 0 aliphatic rings. The Kier molecular flexibility index (Phi) is 7.98. The number of benzene rings is 1. The minimum Gasteiger partial charge on any atom is -0.351 e. The Morgan fingerprint density at radius 1 is 1.21 bits per heavy atom. The molecule has 0 saturated heterocycles. The molecule has 1 amide bonds. The molecule has 0 spiro atoms. The van der Waals surface area contributed by atoms with Crippen LogP contribution in [-0.4, -0.2) is 37.6 Å². The molecule has 28 heavy (non-hydrogen) atoms. The van der Waals surface area contributed by atoms with E-state index in [9.17, 15) is 23.3 Å². The van der Waals surface area contributed by atoms with Gasteiger partial charge >= 0.3 is 0 Å². The van der Waals surface area contributed by atoms with Crippen molar-refractivity contribution in [2.45, 2.75) is 60.0 Å². The molecule has 0 aliphatic carbocycles. The molecule has 9 heteroatoms. The number of amides is 1. The first-order chi connectivity index (χ1) is 12.8. The molecule has 8 nitrogen and oxygen atoms in total. The lowest BCUT2D eigenvalue weighted by Crippen LogP contribution is -2.53. The molecule has 0 aliphatic heterocycles. The van der Waals surface area contributed by atoms with E-state index >= 15 is 0 Å². The van der Waals surface area contributed by atoms with Gasteiger partial charge < -0.3 is 5.32 Å². The Morgan fingerprint density at radius 2 is 1.75 bits per heavy atom. The molecular formula is C19H31N3O5S. The van der Waals surface area contributed by atoms with Crippen LogP contribution < -0.4 is 9.62 Å². The summed E-state index contributed by atoms with van der Waals surface area (Å²) in [4.78, 5) is 23.6. The zero-order chi connectivity index (χ0) is 21.8. The van der Waals surface area contributed by atoms with Crippen molar-refractivity contribution in [1.29, 1.82) is 0 Å². The average Bonchev–Trinajstić information content (AvgIpc) is 2.56. The van der Waals surface area contributed by atoms with Gasteiger partial charge in [0.25, 0.3) is 5.69 Å². The highest BCUT2D eigenvalue weighted by molar-refractivity contribution is 7.92. The average molecular weight is 414 g/mol. The number of hydrogen-bond donors (Lipinski definition) is 1. The van der Waals surface area contributed by atoms with E-state index in [4.69, 9.17) is 0 Å². The van der Waals surface area contributed by atoms with Gasteiger partial charge in [0.05, 0.1) is 16.9 Å². The Bertz CT molecular complexity index is 813. The molecule has 0 heterocycles. The molecule has 0 saturated carbocycles. The van der Waals surface area contributed by atoms with Gasteiger partial charge in [-0.1, -0.05) is 40.7 Å². The van der Waals surface area contributed by atoms with Gasteiger partial charge in [-0.25, -0.2) is 8.42 Å². The zero-order valence-corrected chi connectivity index (χ0v) is 18.4. The van der Waals surface area contributed by atoms with E-state index in [2.05, 4.69) is 5.32 Å². The first-order valence-electron chi connectivity index (χ1n) is 9.36. The third-order valence-electron chi connectivity index (χ3n) is 4.72. The van der Waals surface area contributed by atoms with Crippen LogP contribution in [0.4, 0.5) is 11.4 Å². The van der Waals surface area contributed by atoms with Crippen molar-refractivity contribution >= 4 is 27.3 Å². The summed E-state index contributed by atoms with van der Waals surface area (Å²) in [6, 6.07) is 2.88. The van der Waals surface area contributed by atoms with Crippen molar-refractivity contribution in [1.82, 2.24) is 5.32 Å². The van der Waals surface area contributed by atoms with Crippen molar-refractivity contribution in [2.75, 3.05) is 10.6 Å². The molecule has 1 N–H and O–H groups in total. The molecule has 1 aromatic carbocycles. The van der Waals surface area contributed by atoms with Crippen molar-refractivity contribution in [3.05, 3.63) is 33.9 Å². The summed E-state index contributed by atoms with van der Waals surface area (Å²) in [5.74, 6) is -0.0633. The molecule has 1 rings (SSSR count). The Morgan fingerprint density at radius 3 is 2.14 bits per heavy atom. The number of carbonyl (C=O) groups is 1. The number of hydrogen-bond acceptors (Lipinski definition) is 5. The van der Waals surface area contributed by atoms with Crippen LogP contribution in [0.25, 0.3) is 0 Å². The van der Waals surface area contributed by atoms with Crippen molar-refractivity contribution in [3.8, 4) is 0 Å². The fourth-order valence-electron chi connectivity index (χ4n) is 3.35. The van der Waals surface area contributed by atoms with Gasteiger partial charge in [0.15, 0.2) is 0 Å². The largest absolute Gasteiger partial charge is 0.351 e. The third-order valence-corrected chi connectivity index (χ3v) is 5.88. The number of nitrogens with one attached hydrogen (secondary N) is 1. The molecule has 0 radical (unpaired) electrons. The molecule has 0 aromatic heterocycles. The maximum absolute atomic E-state index is 13.0. The lowest BCUT2D eigenvalue weighted by atomic mass is 9.93. The predicted octanol–water partition coefficient (Wildman–Crippen LogP) is 3.24. The van der Waals surface area contributed by atoms with E-state index in [-0.39, 0.29) is 35.7 Å². The Hall–Kier alpha value is -2.16. The first-order valence-corrected chi connectivity index (χ1v) is 11.2. The van der Waals surface area contributed by atoms with Gasteiger partial charge in [-0.15, -0.1) is 0 Å². The molecule has 1 aromatic rings. The summed E-state index contributed by atoms with van der Waals surface area (Å²) in [5, 5.41) is 14.1. The standard InChI is InChI=1S/C19H31N3O5S/c1-8-16(19(23)20-18(12(2)3)13(4)5)21(28(7,26)27)17-11-15(22(24)25)10-9-14(17)6/h9-13,16,18H,8H2,1-7H3,(H,20,23)/t16-/m0/s1. The van der Waals surface area contributed by atoms with Crippen LogP contribution in [0.15, 0.2) is 18.2 Å². The fourth-order valence-corrected chi connectivity index (χ4v) is 4.61. The van der Waals surface area contributed by atoms with Crippen LogP contribution in [0.3, 0.4) is 0 Å². The monoisotopic (exact) mass is 413 g/mol. The summed E-state index contributed by atoms with van der Waals surface area (Å²) in [5.41, 5.74) is 0.447. The molecule has 1 atom stereocenters. The predicted molar refractivity (Wildman–Crippen MR) is 111 cm³/mol. The number of rotatable bonds is 9. The van der Waals surface area contributed by atoms with E-state index in [1.807, 2.05) is 27.7 Å². The number of sulfonamides is 1. The van der Waals surface area contributed by atoms with Gasteiger partial charge in [-0.3, -0.25) is 19.2 Å². The molecule has 158 valence electrons. The zero-order valence-electron chi connectivity index (χ0n) is 17.6. The van der Waals surface area contributed by atoms with Crippen LogP contribution in [0.5, 0.6) is 0 Å². The number of non-ortho nitro benzene ring substituents is 1. The van der Waals surface area contributed by atoms with E-state index in [1.54, 1.807) is 13.8 Å². The van der Waals surface area contributed by atoms with Gasteiger partial charge in [-0.2, -0.15) is 0 Å². The number of nitro benzene ring substituents is 1. The maximum atomic E-state index is 13.0. The van der Waals surface area contributed by atoms with Crippen LogP contribution >= 0.6 is 0 Å². The highest BCUT2D eigenvalue weighted by Gasteiger charge is 2.34. The second kappa shape index (κ2) is 9.36. The molecular weight excluding hydrogens is 382 g/mol. The number of nitrogens with zero attached hydrogens (tertiary/aromatic N) is 2. The SMILES string of the molecule is CC[C@@H](C(=O)NC(C(C)C)C(C)C)N(c1cc([N+](=O)[O-])ccc1C)S(C)(=O)=O. The Balaban J connectivity index is 3.45. The third kappa shape index (κ3) is 5.67. The minimum atomic E-state index is -3.87. The van der Waals surface area contributed by atoms with Gasteiger partial charge in [-0.05, 0) is 30.7 Å². The quantitative estimate of drug-likeness (QED) is 0.494. The second-order valence-electron chi connectivity index (χ2n) is 7.73. The highest BCUT2D eigenvalue weighted by Crippen LogP contribution is 2.30. The van der Waals surface area contributed by atoms with Gasteiger partial charge in [0, 0.05) is 18.2 Å².